The number of aromatic amines is 2. The average Bonchev–Trinajstić information content (AvgIpc) is 3.82. The summed E-state index contributed by atoms with van der Waals surface area (Å²) >= 11 is 3.29. The van der Waals surface area contributed by atoms with Gasteiger partial charge >= 0.3 is 5.97 Å². The Hall–Kier alpha value is -4.91. The predicted octanol–water partition coefficient (Wildman–Crippen LogP) is 8.48. The van der Waals surface area contributed by atoms with E-state index < -0.39 is 35.4 Å². The molecule has 13 heteroatoms. The molecule has 3 aromatic carbocycles. The number of esters is 1. The maximum Gasteiger partial charge on any atom is 0.303 e. The minimum absolute atomic E-state index is 0.0634. The van der Waals surface area contributed by atoms with Gasteiger partial charge in [0.15, 0.2) is 11.6 Å². The van der Waals surface area contributed by atoms with Gasteiger partial charge < -0.3 is 19.4 Å². The van der Waals surface area contributed by atoms with E-state index >= 15 is 13.2 Å². The van der Waals surface area contributed by atoms with Crippen LogP contribution in [0.4, 0.5) is 13.2 Å². The van der Waals surface area contributed by atoms with Crippen molar-refractivity contribution in [2.45, 2.75) is 51.2 Å². The van der Waals surface area contributed by atoms with Crippen LogP contribution in [0.2, 0.25) is 0 Å². The Morgan fingerprint density at radius 2 is 1.94 bits per heavy atom. The van der Waals surface area contributed by atoms with E-state index in [1.807, 2.05) is 0 Å². The van der Waals surface area contributed by atoms with Gasteiger partial charge in [-0.15, -0.1) is 5.10 Å². The monoisotopic (exact) mass is 704 g/mol. The maximum absolute atomic E-state index is 15.7. The largest absolute Gasteiger partial charge is 0.456 e. The number of fused-ring (bicyclic) bond motifs is 10. The number of rotatable bonds is 2. The Kier molecular flexibility index (Phi) is 8.31. The van der Waals surface area contributed by atoms with E-state index in [-0.39, 0.29) is 29.4 Å². The van der Waals surface area contributed by atoms with Gasteiger partial charge in [-0.3, -0.25) is 4.79 Å². The van der Waals surface area contributed by atoms with E-state index in [4.69, 9.17) is 9.47 Å². The van der Waals surface area contributed by atoms with E-state index in [1.54, 1.807) is 42.9 Å². The molecular weight excluding hydrogens is 677 g/mol. The lowest BCUT2D eigenvalue weighted by molar-refractivity contribution is -0.147. The molecule has 1 aliphatic rings. The Bertz CT molecular complexity index is 2110. The second-order valence-corrected chi connectivity index (χ2v) is 12.3. The first-order valence-corrected chi connectivity index (χ1v) is 15.9. The molecule has 9 nitrogen and oxygen atoms in total. The highest BCUT2D eigenvalue weighted by Gasteiger charge is 2.25. The second-order valence-electron chi connectivity index (χ2n) is 11.5. The van der Waals surface area contributed by atoms with Crippen molar-refractivity contribution in [1.82, 2.24) is 29.9 Å². The lowest BCUT2D eigenvalue weighted by Gasteiger charge is -2.19. The zero-order valence-electron chi connectivity index (χ0n) is 25.1. The first kappa shape index (κ1) is 30.7. The summed E-state index contributed by atoms with van der Waals surface area (Å²) in [6.45, 7) is 1.41. The van der Waals surface area contributed by atoms with Crippen molar-refractivity contribution in [3.8, 4) is 22.9 Å². The normalized spacial score (nSPS) is 16.9. The molecular formula is C34H28BrF3N6O3. The molecule has 1 aliphatic heterocycles. The fourth-order valence-electron chi connectivity index (χ4n) is 6.12. The van der Waals surface area contributed by atoms with Gasteiger partial charge in [0.25, 0.3) is 0 Å². The Labute approximate surface area is 275 Å². The van der Waals surface area contributed by atoms with Crippen LogP contribution in [-0.4, -0.2) is 35.9 Å². The summed E-state index contributed by atoms with van der Waals surface area (Å²) in [5.41, 5.74) is 2.62. The van der Waals surface area contributed by atoms with Gasteiger partial charge in [-0.1, -0.05) is 23.8 Å². The van der Waals surface area contributed by atoms with Gasteiger partial charge in [-0.2, -0.15) is 0 Å². The van der Waals surface area contributed by atoms with Crippen molar-refractivity contribution in [2.75, 3.05) is 0 Å². The molecule has 2 N–H and O–H groups in total. The van der Waals surface area contributed by atoms with Crippen molar-refractivity contribution in [1.29, 1.82) is 0 Å². The summed E-state index contributed by atoms with van der Waals surface area (Å²) in [4.78, 5) is 22.7. The molecule has 6 aromatic rings. The molecule has 0 saturated carbocycles. The van der Waals surface area contributed by atoms with Crippen molar-refractivity contribution in [2.24, 2.45) is 0 Å². The van der Waals surface area contributed by atoms with Gasteiger partial charge in [-0.25, -0.2) is 22.8 Å². The third kappa shape index (κ3) is 6.14. The Morgan fingerprint density at radius 3 is 2.79 bits per heavy atom. The fraction of sp³-hybridized carbons (Fsp3) is 0.235. The molecule has 3 aromatic heterocycles. The van der Waals surface area contributed by atoms with E-state index in [0.717, 1.165) is 0 Å². The molecule has 0 aliphatic carbocycles. The van der Waals surface area contributed by atoms with Crippen molar-refractivity contribution in [3.05, 3.63) is 112 Å². The quantitative estimate of drug-likeness (QED) is 0.175. The van der Waals surface area contributed by atoms with Crippen LogP contribution in [0.25, 0.3) is 22.3 Å². The van der Waals surface area contributed by atoms with E-state index in [2.05, 4.69) is 41.2 Å². The van der Waals surface area contributed by atoms with Crippen LogP contribution in [0.3, 0.4) is 0 Å². The first-order chi connectivity index (χ1) is 22.7. The summed E-state index contributed by atoms with van der Waals surface area (Å²) in [5.74, 6) is -2.19. The summed E-state index contributed by atoms with van der Waals surface area (Å²) in [7, 11) is 0. The van der Waals surface area contributed by atoms with Gasteiger partial charge in [0.05, 0.1) is 22.8 Å². The molecule has 2 atom stereocenters. The van der Waals surface area contributed by atoms with Crippen LogP contribution in [0.15, 0.2) is 71.6 Å². The van der Waals surface area contributed by atoms with Crippen molar-refractivity contribution >= 4 is 32.8 Å². The van der Waals surface area contributed by atoms with Gasteiger partial charge in [0.1, 0.15) is 35.0 Å². The number of aromatic nitrogens is 6. The fourth-order valence-corrected chi connectivity index (χ4v) is 6.50. The molecule has 0 amide bonds. The molecule has 4 heterocycles. The number of nitrogens with one attached hydrogen (secondary N) is 2. The number of hydrogen-bond donors (Lipinski definition) is 2. The standard InChI is InChI=1S/C34H28BrF3N6O3/c1-18(45)46-31-8-3-2-5-20(22-6-4-7-25(35)32(22)38)29-15-40-34(41-29)23-13-19(9-10-26(23)36)47-33-24(16-44-17-30(31)42-43-44)21-11-12-39-28(21)14-27(33)37/h4,6-7,9-15,17,20,31,39H,2-3,5,8,16H2,1H3,(H,40,41). The smallest absolute Gasteiger partial charge is 0.303 e. The number of halogens is 4. The molecule has 0 spiro atoms. The molecule has 240 valence electrons. The summed E-state index contributed by atoms with van der Waals surface area (Å²) < 4.78 is 60.0. The lowest BCUT2D eigenvalue weighted by Crippen LogP contribution is -2.10. The van der Waals surface area contributed by atoms with Gasteiger partial charge in [0, 0.05) is 53.5 Å². The summed E-state index contributed by atoms with van der Waals surface area (Å²) in [6.07, 6.45) is 6.45. The van der Waals surface area contributed by atoms with Crippen LogP contribution < -0.4 is 4.74 Å². The molecule has 0 radical (unpaired) electrons. The highest BCUT2D eigenvalue weighted by atomic mass is 79.9. The van der Waals surface area contributed by atoms with Crippen molar-refractivity contribution in [3.63, 3.8) is 0 Å². The topological polar surface area (TPSA) is 111 Å². The molecule has 7 rings (SSSR count). The van der Waals surface area contributed by atoms with Crippen LogP contribution in [0.1, 0.15) is 67.1 Å². The van der Waals surface area contributed by atoms with Crippen LogP contribution in [0, 0.1) is 17.5 Å². The van der Waals surface area contributed by atoms with Gasteiger partial charge in [0.2, 0.25) is 0 Å². The maximum atomic E-state index is 15.7. The summed E-state index contributed by atoms with van der Waals surface area (Å²) in [5, 5.41) is 9.25. The lowest BCUT2D eigenvalue weighted by atomic mass is 9.90. The van der Waals surface area contributed by atoms with E-state index in [1.165, 1.54) is 35.9 Å². The average molecular weight is 706 g/mol. The molecule has 6 bridgehead atoms. The number of ether oxygens (including phenoxy) is 2. The van der Waals surface area contributed by atoms with E-state index in [9.17, 15) is 4.79 Å². The second kappa shape index (κ2) is 12.7. The molecule has 47 heavy (non-hydrogen) atoms. The molecule has 2 unspecified atom stereocenters. The zero-order chi connectivity index (χ0) is 32.7. The number of hydrogen-bond acceptors (Lipinski definition) is 6. The minimum Gasteiger partial charge on any atom is -0.456 e. The Balaban J connectivity index is 1.36. The summed E-state index contributed by atoms with van der Waals surface area (Å²) in [6, 6.07) is 12.3. The number of imidazole rings is 1. The number of H-pyrrole nitrogens is 2. The molecule has 0 fully saturated rings. The highest BCUT2D eigenvalue weighted by molar-refractivity contribution is 9.10. The third-order valence-corrected chi connectivity index (χ3v) is 8.94. The third-order valence-electron chi connectivity index (χ3n) is 8.33. The predicted molar refractivity (Wildman–Crippen MR) is 170 cm³/mol. The van der Waals surface area contributed by atoms with E-state index in [0.29, 0.717) is 63.6 Å². The Morgan fingerprint density at radius 1 is 1.09 bits per heavy atom. The first-order valence-electron chi connectivity index (χ1n) is 15.1. The minimum atomic E-state index is -0.678. The highest BCUT2D eigenvalue weighted by Crippen LogP contribution is 2.38. The molecule has 0 saturated heterocycles. The van der Waals surface area contributed by atoms with Crippen LogP contribution >= 0.6 is 15.9 Å². The van der Waals surface area contributed by atoms with Gasteiger partial charge in [-0.05, 0) is 71.1 Å². The number of nitrogens with zero attached hydrogens (tertiary/aromatic N) is 4. The number of benzene rings is 3. The van der Waals surface area contributed by atoms with Crippen LogP contribution in [-0.2, 0) is 16.1 Å². The van der Waals surface area contributed by atoms with Crippen molar-refractivity contribution < 1.29 is 27.4 Å². The zero-order valence-corrected chi connectivity index (χ0v) is 26.7. The van der Waals surface area contributed by atoms with Crippen LogP contribution in [0.5, 0.6) is 11.5 Å². The SMILES string of the molecule is CC(=O)OC1CCCCC(c2cccc(Br)c2F)c2cnc([nH]2)-c2cc(ccc2F)Oc2c(F)cc3[nH]ccc3c2Cn2cc1nn2. The number of carbonyl (C=O) groups is 1. The number of carbonyl (C=O) groups excluding carboxylic acids is 1.